The number of carbonyl (C=O) groups excluding carboxylic acids is 3. The smallest absolute Gasteiger partial charge is 0.409 e. The minimum atomic E-state index is -0.362. The van der Waals surface area contributed by atoms with Crippen molar-refractivity contribution in [2.45, 2.75) is 19.8 Å². The first-order valence-corrected chi connectivity index (χ1v) is 12.2. The van der Waals surface area contributed by atoms with E-state index in [2.05, 4.69) is 15.6 Å². The normalized spacial score (nSPS) is 13.2. The highest BCUT2D eigenvalue weighted by Gasteiger charge is 2.25. The molecule has 3 rings (SSSR count). The lowest BCUT2D eigenvalue weighted by molar-refractivity contribution is -0.120. The van der Waals surface area contributed by atoms with Gasteiger partial charge < -0.3 is 29.3 Å². The molecule has 1 aliphatic heterocycles. The molecule has 12 heteroatoms. The molecule has 190 valence electrons. The number of ether oxygens (including phenoxy) is 3. The number of benzene rings is 1. The zero-order valence-corrected chi connectivity index (χ0v) is 21.0. The molecule has 1 fully saturated rings. The van der Waals surface area contributed by atoms with E-state index in [4.69, 9.17) is 14.2 Å². The minimum absolute atomic E-state index is 0.122. The molecule has 0 aliphatic carbocycles. The highest BCUT2D eigenvalue weighted by molar-refractivity contribution is 7.13. The summed E-state index contributed by atoms with van der Waals surface area (Å²) in [6.45, 7) is 4.20. The summed E-state index contributed by atoms with van der Waals surface area (Å²) >= 11 is 1.26. The maximum Gasteiger partial charge on any atom is 0.409 e. The first-order valence-electron chi connectivity index (χ1n) is 11.3. The van der Waals surface area contributed by atoms with Crippen LogP contribution < -0.4 is 20.1 Å². The molecule has 35 heavy (non-hydrogen) atoms. The molecule has 4 amide bonds. The van der Waals surface area contributed by atoms with Gasteiger partial charge in [0.2, 0.25) is 5.91 Å². The molecule has 0 unspecified atom stereocenters. The number of amides is 4. The third-order valence-electron chi connectivity index (χ3n) is 5.38. The van der Waals surface area contributed by atoms with E-state index in [0.29, 0.717) is 68.1 Å². The zero-order valence-electron chi connectivity index (χ0n) is 20.2. The van der Waals surface area contributed by atoms with Gasteiger partial charge in [-0.3, -0.25) is 10.1 Å². The Morgan fingerprint density at radius 2 is 1.77 bits per heavy atom. The Labute approximate surface area is 208 Å². The van der Waals surface area contributed by atoms with Gasteiger partial charge in [-0.15, -0.1) is 11.3 Å². The topological polar surface area (TPSA) is 122 Å². The number of nitrogens with one attached hydrogen (secondary N) is 2. The van der Waals surface area contributed by atoms with Crippen LogP contribution in [0.3, 0.4) is 0 Å². The second-order valence-corrected chi connectivity index (χ2v) is 8.57. The van der Waals surface area contributed by atoms with Gasteiger partial charge in [0.05, 0.1) is 32.9 Å². The van der Waals surface area contributed by atoms with Gasteiger partial charge >= 0.3 is 12.1 Å². The van der Waals surface area contributed by atoms with Gasteiger partial charge in [-0.2, -0.15) is 0 Å². The molecule has 0 radical (unpaired) electrons. The predicted molar refractivity (Wildman–Crippen MR) is 131 cm³/mol. The van der Waals surface area contributed by atoms with Crippen LogP contribution in [0.2, 0.25) is 0 Å². The van der Waals surface area contributed by atoms with E-state index in [-0.39, 0.29) is 24.5 Å². The summed E-state index contributed by atoms with van der Waals surface area (Å²) in [6.07, 6.45) is 0.406. The number of thiazole rings is 1. The van der Waals surface area contributed by atoms with Gasteiger partial charge in [0, 0.05) is 38.1 Å². The van der Waals surface area contributed by atoms with Crippen molar-refractivity contribution in [3.8, 4) is 11.5 Å². The Bertz CT molecular complexity index is 1020. The molecular weight excluding hydrogens is 474 g/mol. The van der Waals surface area contributed by atoms with Crippen LogP contribution in [0.1, 0.15) is 18.2 Å². The van der Waals surface area contributed by atoms with Gasteiger partial charge in [0.15, 0.2) is 16.6 Å². The van der Waals surface area contributed by atoms with E-state index in [0.717, 1.165) is 5.56 Å². The summed E-state index contributed by atoms with van der Waals surface area (Å²) in [6, 6.07) is 5.37. The van der Waals surface area contributed by atoms with E-state index < -0.39 is 0 Å². The highest BCUT2D eigenvalue weighted by atomic mass is 32.1. The van der Waals surface area contributed by atoms with Crippen LogP contribution in [0.4, 0.5) is 14.7 Å². The summed E-state index contributed by atoms with van der Waals surface area (Å²) < 4.78 is 15.5. The second-order valence-electron chi connectivity index (χ2n) is 7.71. The van der Waals surface area contributed by atoms with Crippen molar-refractivity contribution >= 4 is 34.5 Å². The van der Waals surface area contributed by atoms with Crippen molar-refractivity contribution in [3.63, 3.8) is 0 Å². The van der Waals surface area contributed by atoms with Crippen LogP contribution in [0, 0.1) is 0 Å². The van der Waals surface area contributed by atoms with Crippen molar-refractivity contribution in [1.82, 2.24) is 20.1 Å². The van der Waals surface area contributed by atoms with Crippen LogP contribution in [0.25, 0.3) is 0 Å². The van der Waals surface area contributed by atoms with Crippen molar-refractivity contribution in [3.05, 3.63) is 34.8 Å². The Kier molecular flexibility index (Phi) is 9.53. The third kappa shape index (κ3) is 7.47. The number of urea groups is 1. The average molecular weight is 506 g/mol. The monoisotopic (exact) mass is 505 g/mol. The Balaban J connectivity index is 1.40. The van der Waals surface area contributed by atoms with E-state index in [1.807, 2.05) is 18.2 Å². The number of hydrogen-bond donors (Lipinski definition) is 2. The molecule has 0 saturated carbocycles. The van der Waals surface area contributed by atoms with Crippen molar-refractivity contribution in [1.29, 1.82) is 0 Å². The number of anilines is 1. The van der Waals surface area contributed by atoms with E-state index in [1.165, 1.54) is 11.3 Å². The molecule has 2 aromatic rings. The molecule has 0 bridgehead atoms. The molecular formula is C23H31N5O6S. The third-order valence-corrected chi connectivity index (χ3v) is 6.19. The van der Waals surface area contributed by atoms with E-state index in [1.54, 1.807) is 36.3 Å². The van der Waals surface area contributed by atoms with E-state index >= 15 is 0 Å². The maximum absolute atomic E-state index is 12.5. The molecule has 1 aliphatic rings. The van der Waals surface area contributed by atoms with Crippen molar-refractivity contribution in [2.24, 2.45) is 0 Å². The number of aromatic nitrogens is 1. The lowest BCUT2D eigenvalue weighted by Gasteiger charge is -2.33. The van der Waals surface area contributed by atoms with Gasteiger partial charge in [0.1, 0.15) is 0 Å². The largest absolute Gasteiger partial charge is 0.493 e. The minimum Gasteiger partial charge on any atom is -0.493 e. The summed E-state index contributed by atoms with van der Waals surface area (Å²) in [5, 5.41) is 7.83. The summed E-state index contributed by atoms with van der Waals surface area (Å²) in [7, 11) is 3.17. The zero-order chi connectivity index (χ0) is 25.2. The standard InChI is InChI=1S/C23H31N5O6S/c1-4-34-23(31)28-11-9-27(10-12-28)22(30)26-21-25-17(15-35-21)14-20(29)24-8-7-16-5-6-18(32-2)19(13-16)33-3/h5-6,13,15H,4,7-12,14H2,1-3H3,(H,24,29)(H,25,26,30). The number of nitrogens with zero attached hydrogens (tertiary/aromatic N) is 3. The fraction of sp³-hybridized carbons (Fsp3) is 0.478. The SMILES string of the molecule is CCOC(=O)N1CCN(C(=O)Nc2nc(CC(=O)NCCc3ccc(OC)c(OC)c3)cs2)CC1. The van der Waals surface area contributed by atoms with Gasteiger partial charge in [-0.25, -0.2) is 14.6 Å². The van der Waals surface area contributed by atoms with Crippen LogP contribution >= 0.6 is 11.3 Å². The average Bonchev–Trinajstić information content (AvgIpc) is 3.30. The van der Waals surface area contributed by atoms with Crippen LogP contribution in [-0.2, 0) is 22.4 Å². The summed E-state index contributed by atoms with van der Waals surface area (Å²) in [4.78, 5) is 44.1. The van der Waals surface area contributed by atoms with Gasteiger partial charge in [-0.05, 0) is 31.0 Å². The molecule has 1 aromatic heterocycles. The van der Waals surface area contributed by atoms with Crippen LogP contribution in [0.15, 0.2) is 23.6 Å². The van der Waals surface area contributed by atoms with Crippen molar-refractivity contribution < 1.29 is 28.6 Å². The molecule has 0 atom stereocenters. The Hall–Kier alpha value is -3.54. The number of methoxy groups -OCH3 is 2. The van der Waals surface area contributed by atoms with Crippen molar-refractivity contribution in [2.75, 3.05) is 58.9 Å². The van der Waals surface area contributed by atoms with Gasteiger partial charge in [-0.1, -0.05) is 6.07 Å². The number of piperazine rings is 1. The first kappa shape index (κ1) is 26.1. The molecule has 1 saturated heterocycles. The molecule has 11 nitrogen and oxygen atoms in total. The number of hydrogen-bond acceptors (Lipinski definition) is 8. The fourth-order valence-corrected chi connectivity index (χ4v) is 4.23. The van der Waals surface area contributed by atoms with E-state index in [9.17, 15) is 14.4 Å². The molecule has 2 N–H and O–H groups in total. The fourth-order valence-electron chi connectivity index (χ4n) is 3.53. The first-order chi connectivity index (χ1) is 16.9. The molecule has 2 heterocycles. The quantitative estimate of drug-likeness (QED) is 0.536. The number of carbonyl (C=O) groups is 3. The number of rotatable bonds is 9. The summed E-state index contributed by atoms with van der Waals surface area (Å²) in [5.74, 6) is 1.16. The van der Waals surface area contributed by atoms with Crippen LogP contribution in [0.5, 0.6) is 11.5 Å². The van der Waals surface area contributed by atoms with Gasteiger partial charge in [0.25, 0.3) is 0 Å². The lowest BCUT2D eigenvalue weighted by atomic mass is 10.1. The molecule has 1 aromatic carbocycles. The Morgan fingerprint density at radius 3 is 2.46 bits per heavy atom. The lowest BCUT2D eigenvalue weighted by Crippen LogP contribution is -2.51. The second kappa shape index (κ2) is 12.8. The maximum atomic E-state index is 12.5. The predicted octanol–water partition coefficient (Wildman–Crippen LogP) is 2.37. The van der Waals surface area contributed by atoms with Crippen LogP contribution in [-0.4, -0.2) is 86.4 Å². The Morgan fingerprint density at radius 1 is 1.06 bits per heavy atom. The summed E-state index contributed by atoms with van der Waals surface area (Å²) in [5.41, 5.74) is 1.60. The molecule has 0 spiro atoms. The highest BCUT2D eigenvalue weighted by Crippen LogP contribution is 2.27.